The van der Waals surface area contributed by atoms with Crippen LogP contribution in [-0.2, 0) is 13.7 Å². The summed E-state index contributed by atoms with van der Waals surface area (Å²) < 4.78 is 8.58. The number of hydrogen-bond acceptors (Lipinski definition) is 3. The molecule has 2 rings (SSSR count). The number of imidazole rings is 1. The van der Waals surface area contributed by atoms with Gasteiger partial charge in [-0.15, -0.1) is 0 Å². The Morgan fingerprint density at radius 2 is 2.28 bits per heavy atom. The maximum absolute atomic E-state index is 9.69. The lowest BCUT2D eigenvalue weighted by molar-refractivity contribution is 0.189. The normalized spacial score (nSPS) is 12.4. The van der Waals surface area contributed by atoms with E-state index in [-0.39, 0.29) is 0 Å². The monoisotopic (exact) mass is 310 g/mol. The van der Waals surface area contributed by atoms with E-state index in [0.29, 0.717) is 12.4 Å². The first kappa shape index (κ1) is 13.1. The average Bonchev–Trinajstić information content (AvgIpc) is 2.72. The number of rotatable bonds is 4. The van der Waals surface area contributed by atoms with E-state index in [9.17, 15) is 5.11 Å². The minimum absolute atomic E-state index is 0.423. The molecule has 0 bridgehead atoms. The van der Waals surface area contributed by atoms with E-state index in [1.807, 2.05) is 29.8 Å². The molecule has 1 heterocycles. The van der Waals surface area contributed by atoms with Crippen molar-refractivity contribution >= 4 is 15.9 Å². The van der Waals surface area contributed by atoms with Crippen LogP contribution in [0.25, 0.3) is 0 Å². The number of aryl methyl sites for hydroxylation is 1. The lowest BCUT2D eigenvalue weighted by Gasteiger charge is -2.14. The van der Waals surface area contributed by atoms with Gasteiger partial charge < -0.3 is 14.4 Å². The van der Waals surface area contributed by atoms with Gasteiger partial charge in [-0.3, -0.25) is 0 Å². The number of nitrogens with zero attached hydrogens (tertiary/aromatic N) is 2. The Morgan fingerprint density at radius 1 is 1.50 bits per heavy atom. The fourth-order valence-electron chi connectivity index (χ4n) is 1.65. The van der Waals surface area contributed by atoms with Crippen LogP contribution in [0.2, 0.25) is 0 Å². The number of ether oxygens (including phenoxy) is 1. The minimum atomic E-state index is -0.556. The van der Waals surface area contributed by atoms with Gasteiger partial charge in [0.25, 0.3) is 0 Å². The lowest BCUT2D eigenvalue weighted by Crippen LogP contribution is -2.04. The van der Waals surface area contributed by atoms with Crippen molar-refractivity contribution in [3.05, 3.63) is 46.5 Å². The van der Waals surface area contributed by atoms with Gasteiger partial charge >= 0.3 is 0 Å². The van der Waals surface area contributed by atoms with E-state index >= 15 is 0 Å². The summed E-state index contributed by atoms with van der Waals surface area (Å²) in [7, 11) is 1.92. The number of halogens is 1. The molecule has 0 aliphatic heterocycles. The Morgan fingerprint density at radius 3 is 2.89 bits per heavy atom. The van der Waals surface area contributed by atoms with Crippen LogP contribution < -0.4 is 4.74 Å². The molecule has 1 atom stereocenters. The molecule has 0 amide bonds. The highest BCUT2D eigenvalue weighted by Crippen LogP contribution is 2.29. The molecule has 0 fully saturated rings. The summed E-state index contributed by atoms with van der Waals surface area (Å²) in [5.41, 5.74) is 1.76. The van der Waals surface area contributed by atoms with Gasteiger partial charge in [0.2, 0.25) is 0 Å². The maximum Gasteiger partial charge on any atom is 0.130 e. The Bertz CT molecular complexity index is 538. The number of hydrogen-bond donors (Lipinski definition) is 1. The number of benzene rings is 1. The topological polar surface area (TPSA) is 47.3 Å². The van der Waals surface area contributed by atoms with E-state index in [4.69, 9.17) is 4.74 Å². The molecule has 0 aliphatic carbocycles. The van der Waals surface area contributed by atoms with E-state index in [2.05, 4.69) is 20.9 Å². The summed E-state index contributed by atoms with van der Waals surface area (Å²) in [6.45, 7) is 2.15. The van der Waals surface area contributed by atoms with Crippen molar-refractivity contribution in [2.75, 3.05) is 0 Å². The predicted octanol–water partition coefficient (Wildman–Crippen LogP) is 2.81. The molecule has 96 valence electrons. The molecule has 0 spiro atoms. The fraction of sp³-hybridized carbons (Fsp3) is 0.308. The Labute approximate surface area is 114 Å². The van der Waals surface area contributed by atoms with Crippen LogP contribution >= 0.6 is 15.9 Å². The zero-order valence-electron chi connectivity index (χ0n) is 10.3. The van der Waals surface area contributed by atoms with Crippen molar-refractivity contribution < 1.29 is 9.84 Å². The molecule has 0 radical (unpaired) electrons. The molecular weight excluding hydrogens is 296 g/mol. The number of aromatic nitrogens is 2. The number of aliphatic hydroxyl groups is 1. The predicted molar refractivity (Wildman–Crippen MR) is 72.3 cm³/mol. The first-order valence-corrected chi connectivity index (χ1v) is 6.42. The molecule has 2 aromatic rings. The summed E-state index contributed by atoms with van der Waals surface area (Å²) in [6.07, 6.45) is 2.94. The molecule has 1 aromatic heterocycles. The van der Waals surface area contributed by atoms with Crippen LogP contribution in [-0.4, -0.2) is 14.7 Å². The molecule has 1 aromatic carbocycles. The van der Waals surface area contributed by atoms with E-state index in [0.717, 1.165) is 15.7 Å². The van der Waals surface area contributed by atoms with Gasteiger partial charge in [-0.1, -0.05) is 22.0 Å². The summed E-state index contributed by atoms with van der Waals surface area (Å²) in [6, 6.07) is 5.60. The zero-order chi connectivity index (χ0) is 13.1. The van der Waals surface area contributed by atoms with Crippen molar-refractivity contribution in [3.63, 3.8) is 0 Å². The third-order valence-electron chi connectivity index (χ3n) is 2.72. The smallest absolute Gasteiger partial charge is 0.130 e. The van der Waals surface area contributed by atoms with Crippen molar-refractivity contribution in [2.24, 2.45) is 7.05 Å². The second-order valence-corrected chi connectivity index (χ2v) is 5.06. The highest BCUT2D eigenvalue weighted by Gasteiger charge is 2.10. The number of aliphatic hydroxyl groups excluding tert-OH is 1. The van der Waals surface area contributed by atoms with Crippen molar-refractivity contribution in [1.82, 2.24) is 9.55 Å². The van der Waals surface area contributed by atoms with Crippen LogP contribution in [0.15, 0.2) is 35.2 Å². The largest absolute Gasteiger partial charge is 0.487 e. The van der Waals surface area contributed by atoms with E-state index in [1.165, 1.54) is 0 Å². The SMILES string of the molecule is C[C@H](O)c1ccc(Br)cc1OCc1cncn1C. The van der Waals surface area contributed by atoms with Gasteiger partial charge in [-0.25, -0.2) is 4.98 Å². The quantitative estimate of drug-likeness (QED) is 0.944. The van der Waals surface area contributed by atoms with E-state index < -0.39 is 6.10 Å². The van der Waals surface area contributed by atoms with Crippen LogP contribution in [0.5, 0.6) is 5.75 Å². The molecule has 0 unspecified atom stereocenters. The molecule has 18 heavy (non-hydrogen) atoms. The van der Waals surface area contributed by atoms with Gasteiger partial charge in [-0.2, -0.15) is 0 Å². The highest BCUT2D eigenvalue weighted by molar-refractivity contribution is 9.10. The molecular formula is C13H15BrN2O2. The van der Waals surface area contributed by atoms with Gasteiger partial charge in [0.1, 0.15) is 12.4 Å². The molecule has 5 heteroatoms. The summed E-state index contributed by atoms with van der Waals surface area (Å²) >= 11 is 3.40. The second kappa shape index (κ2) is 5.54. The Kier molecular flexibility index (Phi) is 4.04. The van der Waals surface area contributed by atoms with Crippen LogP contribution in [0, 0.1) is 0 Å². The lowest BCUT2D eigenvalue weighted by atomic mass is 10.1. The third kappa shape index (κ3) is 2.91. The molecule has 0 saturated carbocycles. The van der Waals surface area contributed by atoms with Crippen molar-refractivity contribution in [1.29, 1.82) is 0 Å². The van der Waals surface area contributed by atoms with Crippen LogP contribution in [0.4, 0.5) is 0 Å². The third-order valence-corrected chi connectivity index (χ3v) is 3.21. The summed E-state index contributed by atoms with van der Waals surface area (Å²) in [4.78, 5) is 4.03. The van der Waals surface area contributed by atoms with Gasteiger partial charge in [-0.05, 0) is 19.1 Å². The van der Waals surface area contributed by atoms with Crippen molar-refractivity contribution in [3.8, 4) is 5.75 Å². The molecule has 0 saturated heterocycles. The van der Waals surface area contributed by atoms with Gasteiger partial charge in [0.15, 0.2) is 0 Å². The second-order valence-electron chi connectivity index (χ2n) is 4.14. The standard InChI is InChI=1S/C13H15BrN2O2/c1-9(17)12-4-3-10(14)5-13(12)18-7-11-6-15-8-16(11)2/h3-6,8-9,17H,7H2,1-2H3/t9-/m0/s1. The fourth-order valence-corrected chi connectivity index (χ4v) is 1.99. The minimum Gasteiger partial charge on any atom is -0.487 e. The highest BCUT2D eigenvalue weighted by atomic mass is 79.9. The first-order valence-electron chi connectivity index (χ1n) is 5.63. The summed E-state index contributed by atoms with van der Waals surface area (Å²) in [5.74, 6) is 0.681. The molecule has 0 aliphatic rings. The first-order chi connectivity index (χ1) is 8.58. The Hall–Kier alpha value is -1.33. The van der Waals surface area contributed by atoms with Crippen molar-refractivity contribution in [2.45, 2.75) is 19.6 Å². The molecule has 4 nitrogen and oxygen atoms in total. The van der Waals surface area contributed by atoms with Gasteiger partial charge in [0, 0.05) is 17.1 Å². The van der Waals surface area contributed by atoms with Gasteiger partial charge in [0.05, 0.1) is 24.3 Å². The zero-order valence-corrected chi connectivity index (χ0v) is 11.9. The average molecular weight is 311 g/mol. The van der Waals surface area contributed by atoms with Crippen LogP contribution in [0.1, 0.15) is 24.3 Å². The van der Waals surface area contributed by atoms with Crippen LogP contribution in [0.3, 0.4) is 0 Å². The Balaban J connectivity index is 2.18. The van der Waals surface area contributed by atoms with E-state index in [1.54, 1.807) is 19.4 Å². The maximum atomic E-state index is 9.69. The summed E-state index contributed by atoms with van der Waals surface area (Å²) in [5, 5.41) is 9.69. The molecule has 1 N–H and O–H groups in total.